The third kappa shape index (κ3) is 4.79. The molecule has 1 aromatic heterocycles. The molecule has 0 unspecified atom stereocenters. The van der Waals surface area contributed by atoms with Gasteiger partial charge in [-0.05, 0) is 50.3 Å². The van der Waals surface area contributed by atoms with E-state index in [0.717, 1.165) is 35.9 Å². The maximum absolute atomic E-state index is 13.0. The molecule has 1 fully saturated rings. The lowest BCUT2D eigenvalue weighted by Gasteiger charge is -2.32. The molecule has 5 nitrogen and oxygen atoms in total. The van der Waals surface area contributed by atoms with Gasteiger partial charge >= 0.3 is 0 Å². The molecule has 30 heavy (non-hydrogen) atoms. The number of carbonyl (C=O) groups excluding carboxylic acids is 1. The predicted octanol–water partition coefficient (Wildman–Crippen LogP) is 4.73. The molecular formula is C25H30N4O. The Labute approximate surface area is 178 Å². The van der Waals surface area contributed by atoms with Crippen molar-refractivity contribution in [2.75, 3.05) is 18.4 Å². The molecule has 3 aromatic rings. The van der Waals surface area contributed by atoms with Crippen LogP contribution in [0, 0.1) is 19.8 Å². The summed E-state index contributed by atoms with van der Waals surface area (Å²) in [6.07, 6.45) is 3.86. The van der Waals surface area contributed by atoms with Gasteiger partial charge in [-0.2, -0.15) is 5.10 Å². The van der Waals surface area contributed by atoms with Gasteiger partial charge in [0.15, 0.2) is 0 Å². The second kappa shape index (κ2) is 9.26. The number of aromatic nitrogens is 2. The number of nitrogens with zero attached hydrogens (tertiary/aromatic N) is 3. The van der Waals surface area contributed by atoms with Gasteiger partial charge in [-0.1, -0.05) is 55.0 Å². The molecule has 0 spiro atoms. The van der Waals surface area contributed by atoms with Crippen molar-refractivity contribution < 1.29 is 4.79 Å². The van der Waals surface area contributed by atoms with Crippen LogP contribution in [0.1, 0.15) is 36.2 Å². The highest BCUT2D eigenvalue weighted by Gasteiger charge is 2.23. The van der Waals surface area contributed by atoms with Crippen LogP contribution in [0.3, 0.4) is 0 Å². The van der Waals surface area contributed by atoms with Crippen molar-refractivity contribution >= 4 is 11.6 Å². The van der Waals surface area contributed by atoms with Crippen LogP contribution in [0.15, 0.2) is 60.7 Å². The molecule has 1 aliphatic rings. The minimum Gasteiger partial charge on any atom is -0.322 e. The number of carbonyl (C=O) groups is 1. The minimum absolute atomic E-state index is 0.0177. The monoisotopic (exact) mass is 402 g/mol. The van der Waals surface area contributed by atoms with E-state index in [1.54, 1.807) is 0 Å². The SMILES string of the molecule is Cc1nn(-c2ccccc2)c(C)c1NC(=O)CN(Cc1ccccc1)CC1CCC1. The molecular weight excluding hydrogens is 372 g/mol. The number of anilines is 1. The lowest BCUT2D eigenvalue weighted by molar-refractivity contribution is -0.117. The van der Waals surface area contributed by atoms with Gasteiger partial charge in [0.1, 0.15) is 0 Å². The molecule has 4 rings (SSSR count). The topological polar surface area (TPSA) is 50.2 Å². The molecule has 0 bridgehead atoms. The molecule has 1 heterocycles. The van der Waals surface area contributed by atoms with E-state index in [2.05, 4.69) is 39.6 Å². The van der Waals surface area contributed by atoms with Crippen molar-refractivity contribution in [3.63, 3.8) is 0 Å². The largest absolute Gasteiger partial charge is 0.322 e. The van der Waals surface area contributed by atoms with E-state index in [1.807, 2.05) is 54.9 Å². The van der Waals surface area contributed by atoms with Gasteiger partial charge in [0.05, 0.1) is 29.3 Å². The normalized spacial score (nSPS) is 14.0. The van der Waals surface area contributed by atoms with Crippen LogP contribution in [-0.2, 0) is 11.3 Å². The Balaban J connectivity index is 1.46. The molecule has 1 aliphatic carbocycles. The zero-order valence-corrected chi connectivity index (χ0v) is 17.8. The number of aryl methyl sites for hydroxylation is 1. The molecule has 0 aliphatic heterocycles. The highest BCUT2D eigenvalue weighted by Crippen LogP contribution is 2.28. The van der Waals surface area contributed by atoms with Crippen molar-refractivity contribution in [1.29, 1.82) is 0 Å². The molecule has 0 atom stereocenters. The van der Waals surface area contributed by atoms with Crippen LogP contribution in [-0.4, -0.2) is 33.7 Å². The molecule has 5 heteroatoms. The lowest BCUT2D eigenvalue weighted by atomic mass is 9.85. The lowest BCUT2D eigenvalue weighted by Crippen LogP contribution is -2.38. The molecule has 0 radical (unpaired) electrons. The second-order valence-electron chi connectivity index (χ2n) is 8.29. The number of para-hydroxylation sites is 1. The number of benzene rings is 2. The van der Waals surface area contributed by atoms with E-state index in [4.69, 9.17) is 0 Å². The van der Waals surface area contributed by atoms with Gasteiger partial charge in [0.2, 0.25) is 5.91 Å². The number of rotatable bonds is 8. The Hall–Kier alpha value is -2.92. The van der Waals surface area contributed by atoms with E-state index in [9.17, 15) is 4.79 Å². The second-order valence-corrected chi connectivity index (χ2v) is 8.29. The van der Waals surface area contributed by atoms with Gasteiger partial charge in [-0.3, -0.25) is 9.69 Å². The molecule has 0 saturated heterocycles. The Morgan fingerprint density at radius 3 is 2.37 bits per heavy atom. The Morgan fingerprint density at radius 1 is 1.07 bits per heavy atom. The van der Waals surface area contributed by atoms with E-state index >= 15 is 0 Å². The zero-order chi connectivity index (χ0) is 20.9. The molecule has 1 amide bonds. The summed E-state index contributed by atoms with van der Waals surface area (Å²) >= 11 is 0. The van der Waals surface area contributed by atoms with E-state index < -0.39 is 0 Å². The van der Waals surface area contributed by atoms with Crippen LogP contribution < -0.4 is 5.32 Å². The molecule has 156 valence electrons. The number of hydrogen-bond donors (Lipinski definition) is 1. The van der Waals surface area contributed by atoms with Gasteiger partial charge < -0.3 is 5.32 Å². The maximum atomic E-state index is 13.0. The van der Waals surface area contributed by atoms with Crippen LogP contribution in [0.25, 0.3) is 5.69 Å². The fraction of sp³-hybridized carbons (Fsp3) is 0.360. The van der Waals surface area contributed by atoms with E-state index in [-0.39, 0.29) is 5.91 Å². The van der Waals surface area contributed by atoms with Crippen LogP contribution in [0.2, 0.25) is 0 Å². The average Bonchev–Trinajstić information content (AvgIpc) is 3.00. The van der Waals surface area contributed by atoms with Gasteiger partial charge in [-0.25, -0.2) is 4.68 Å². The first kappa shape index (κ1) is 20.4. The van der Waals surface area contributed by atoms with E-state index in [1.165, 1.54) is 24.8 Å². The van der Waals surface area contributed by atoms with Crippen molar-refractivity contribution in [2.24, 2.45) is 5.92 Å². The quantitative estimate of drug-likeness (QED) is 0.593. The molecule has 1 saturated carbocycles. The van der Waals surface area contributed by atoms with Crippen molar-refractivity contribution in [3.05, 3.63) is 77.6 Å². The highest BCUT2D eigenvalue weighted by atomic mass is 16.2. The zero-order valence-electron chi connectivity index (χ0n) is 17.8. The van der Waals surface area contributed by atoms with Crippen molar-refractivity contribution in [2.45, 2.75) is 39.7 Å². The standard InChI is InChI=1S/C25H30N4O/c1-19-25(20(2)29(27-19)23-14-7-4-8-15-23)26-24(30)18-28(17-22-12-9-13-22)16-21-10-5-3-6-11-21/h3-8,10-11,14-15,22H,9,12-13,16-18H2,1-2H3,(H,26,30). The van der Waals surface area contributed by atoms with Crippen LogP contribution in [0.4, 0.5) is 5.69 Å². The maximum Gasteiger partial charge on any atom is 0.238 e. The summed E-state index contributed by atoms with van der Waals surface area (Å²) < 4.78 is 1.89. The average molecular weight is 403 g/mol. The predicted molar refractivity (Wildman–Crippen MR) is 121 cm³/mol. The third-order valence-corrected chi connectivity index (χ3v) is 5.91. The summed E-state index contributed by atoms with van der Waals surface area (Å²) in [6, 6.07) is 20.4. The first-order chi connectivity index (χ1) is 14.6. The number of hydrogen-bond acceptors (Lipinski definition) is 3. The van der Waals surface area contributed by atoms with Crippen molar-refractivity contribution in [1.82, 2.24) is 14.7 Å². The smallest absolute Gasteiger partial charge is 0.238 e. The summed E-state index contributed by atoms with van der Waals surface area (Å²) in [5, 5.41) is 7.77. The van der Waals surface area contributed by atoms with Gasteiger partial charge in [-0.15, -0.1) is 0 Å². The first-order valence-corrected chi connectivity index (χ1v) is 10.8. The summed E-state index contributed by atoms with van der Waals surface area (Å²) in [6.45, 7) is 6.10. The Bertz CT molecular complexity index is 977. The number of nitrogens with one attached hydrogen (secondary N) is 1. The third-order valence-electron chi connectivity index (χ3n) is 5.91. The summed E-state index contributed by atoms with van der Waals surface area (Å²) in [5.74, 6) is 0.731. The molecule has 1 N–H and O–H groups in total. The first-order valence-electron chi connectivity index (χ1n) is 10.8. The fourth-order valence-corrected chi connectivity index (χ4v) is 4.09. The summed E-state index contributed by atoms with van der Waals surface area (Å²) in [4.78, 5) is 15.2. The van der Waals surface area contributed by atoms with Gasteiger partial charge in [0, 0.05) is 13.1 Å². The Morgan fingerprint density at radius 2 is 1.73 bits per heavy atom. The highest BCUT2D eigenvalue weighted by molar-refractivity contribution is 5.93. The minimum atomic E-state index is 0.0177. The Kier molecular flexibility index (Phi) is 6.29. The van der Waals surface area contributed by atoms with Crippen LogP contribution >= 0.6 is 0 Å². The van der Waals surface area contributed by atoms with E-state index in [0.29, 0.717) is 12.5 Å². The molecule has 2 aromatic carbocycles. The van der Waals surface area contributed by atoms with Gasteiger partial charge in [0.25, 0.3) is 0 Å². The van der Waals surface area contributed by atoms with Crippen molar-refractivity contribution in [3.8, 4) is 5.69 Å². The fourth-order valence-electron chi connectivity index (χ4n) is 4.09. The summed E-state index contributed by atoms with van der Waals surface area (Å²) in [7, 11) is 0. The van der Waals surface area contributed by atoms with Crippen LogP contribution in [0.5, 0.6) is 0 Å². The number of amides is 1. The summed E-state index contributed by atoms with van der Waals surface area (Å²) in [5.41, 5.74) is 4.83.